The maximum Gasteiger partial charge on any atom is 0.324 e. The quantitative estimate of drug-likeness (QED) is 0.340. The SMILES string of the molecule is CCNC(=NCC(c1ccc(Cl)cc1)n1cccn1)NCCN1C(=O)CNC1=O. The normalized spacial score (nSPS) is 15.4. The lowest BCUT2D eigenvalue weighted by Gasteiger charge is -2.19. The van der Waals surface area contributed by atoms with Gasteiger partial charge in [0.05, 0.1) is 19.1 Å². The van der Waals surface area contributed by atoms with Gasteiger partial charge in [-0.1, -0.05) is 23.7 Å². The average molecular weight is 418 g/mol. The summed E-state index contributed by atoms with van der Waals surface area (Å²) >= 11 is 6.02. The molecule has 1 aliphatic rings. The highest BCUT2D eigenvalue weighted by molar-refractivity contribution is 6.30. The molecule has 1 fully saturated rings. The van der Waals surface area contributed by atoms with Crippen LogP contribution < -0.4 is 16.0 Å². The zero-order chi connectivity index (χ0) is 20.6. The van der Waals surface area contributed by atoms with Crippen LogP contribution in [0.25, 0.3) is 0 Å². The Morgan fingerprint density at radius 2 is 2.10 bits per heavy atom. The summed E-state index contributed by atoms with van der Waals surface area (Å²) in [6.07, 6.45) is 3.63. The molecule has 0 spiro atoms. The molecule has 9 nitrogen and oxygen atoms in total. The second-order valence-corrected chi connectivity index (χ2v) is 6.84. The summed E-state index contributed by atoms with van der Waals surface area (Å²) in [5.74, 6) is 0.380. The summed E-state index contributed by atoms with van der Waals surface area (Å²) in [6, 6.07) is 9.03. The van der Waals surface area contributed by atoms with Gasteiger partial charge in [0.25, 0.3) is 0 Å². The van der Waals surface area contributed by atoms with Crippen LogP contribution in [0.2, 0.25) is 5.02 Å². The largest absolute Gasteiger partial charge is 0.357 e. The molecule has 10 heteroatoms. The van der Waals surface area contributed by atoms with E-state index in [1.54, 1.807) is 6.20 Å². The van der Waals surface area contributed by atoms with Crippen LogP contribution in [-0.2, 0) is 4.79 Å². The zero-order valence-electron chi connectivity index (χ0n) is 16.1. The number of carbonyl (C=O) groups excluding carboxylic acids is 2. The predicted molar refractivity (Wildman–Crippen MR) is 111 cm³/mol. The van der Waals surface area contributed by atoms with Crippen molar-refractivity contribution in [2.75, 3.05) is 32.7 Å². The van der Waals surface area contributed by atoms with Crippen molar-refractivity contribution in [1.29, 1.82) is 0 Å². The molecule has 1 aliphatic heterocycles. The van der Waals surface area contributed by atoms with E-state index < -0.39 is 0 Å². The van der Waals surface area contributed by atoms with Gasteiger partial charge in [0.1, 0.15) is 0 Å². The highest BCUT2D eigenvalue weighted by Gasteiger charge is 2.27. The molecule has 1 saturated heterocycles. The van der Waals surface area contributed by atoms with Gasteiger partial charge in [-0.2, -0.15) is 5.10 Å². The molecular formula is C19H24ClN7O2. The number of guanidine groups is 1. The number of rotatable bonds is 8. The van der Waals surface area contributed by atoms with Gasteiger partial charge in [-0.3, -0.25) is 19.4 Å². The molecule has 0 bridgehead atoms. The first-order chi connectivity index (χ1) is 14.1. The van der Waals surface area contributed by atoms with Crippen molar-refractivity contribution in [3.63, 3.8) is 0 Å². The van der Waals surface area contributed by atoms with Gasteiger partial charge in [0.15, 0.2) is 5.96 Å². The molecule has 0 saturated carbocycles. The molecule has 0 radical (unpaired) electrons. The summed E-state index contributed by atoms with van der Waals surface area (Å²) < 4.78 is 1.85. The van der Waals surface area contributed by atoms with Crippen molar-refractivity contribution in [2.24, 2.45) is 4.99 Å². The number of hydrogen-bond donors (Lipinski definition) is 3. The van der Waals surface area contributed by atoms with E-state index in [-0.39, 0.29) is 31.1 Å². The first-order valence-electron chi connectivity index (χ1n) is 9.43. The van der Waals surface area contributed by atoms with Crippen molar-refractivity contribution < 1.29 is 9.59 Å². The molecular weight excluding hydrogens is 394 g/mol. The lowest BCUT2D eigenvalue weighted by Crippen LogP contribution is -2.43. The van der Waals surface area contributed by atoms with Crippen LogP contribution in [0.4, 0.5) is 4.79 Å². The van der Waals surface area contributed by atoms with E-state index in [9.17, 15) is 9.59 Å². The minimum absolute atomic E-state index is 0.0552. The highest BCUT2D eigenvalue weighted by atomic mass is 35.5. The summed E-state index contributed by atoms with van der Waals surface area (Å²) in [4.78, 5) is 29.1. The van der Waals surface area contributed by atoms with Crippen molar-refractivity contribution in [3.05, 3.63) is 53.3 Å². The lowest BCUT2D eigenvalue weighted by atomic mass is 10.1. The third kappa shape index (κ3) is 5.47. The number of aromatic nitrogens is 2. The van der Waals surface area contributed by atoms with Crippen LogP contribution in [0.15, 0.2) is 47.7 Å². The number of hydrogen-bond acceptors (Lipinski definition) is 4. The molecule has 2 aromatic rings. The molecule has 3 N–H and O–H groups in total. The van der Waals surface area contributed by atoms with Crippen LogP contribution in [0, 0.1) is 0 Å². The minimum Gasteiger partial charge on any atom is -0.357 e. The van der Waals surface area contributed by atoms with Crippen molar-refractivity contribution in [2.45, 2.75) is 13.0 Å². The van der Waals surface area contributed by atoms with Gasteiger partial charge in [-0.05, 0) is 30.7 Å². The molecule has 1 aromatic carbocycles. The summed E-state index contributed by atoms with van der Waals surface area (Å²) in [7, 11) is 0. The van der Waals surface area contributed by atoms with Crippen LogP contribution in [0.1, 0.15) is 18.5 Å². The van der Waals surface area contributed by atoms with E-state index in [1.165, 1.54) is 4.90 Å². The summed E-state index contributed by atoms with van der Waals surface area (Å²) in [6.45, 7) is 3.83. The van der Waals surface area contributed by atoms with Gasteiger partial charge in [-0.25, -0.2) is 4.79 Å². The Bertz CT molecular complexity index is 836. The number of halogens is 1. The Hall–Kier alpha value is -3.07. The number of benzene rings is 1. The Morgan fingerprint density at radius 1 is 1.31 bits per heavy atom. The first kappa shape index (κ1) is 20.7. The van der Waals surface area contributed by atoms with E-state index >= 15 is 0 Å². The van der Waals surface area contributed by atoms with E-state index in [2.05, 4.69) is 26.0 Å². The second-order valence-electron chi connectivity index (χ2n) is 6.40. The van der Waals surface area contributed by atoms with Crippen LogP contribution >= 0.6 is 11.6 Å². The molecule has 1 atom stereocenters. The molecule has 3 amide bonds. The Morgan fingerprint density at radius 3 is 2.72 bits per heavy atom. The number of carbonyl (C=O) groups is 2. The van der Waals surface area contributed by atoms with Crippen LogP contribution in [-0.4, -0.2) is 65.3 Å². The van der Waals surface area contributed by atoms with E-state index in [1.807, 2.05) is 48.1 Å². The van der Waals surface area contributed by atoms with E-state index in [0.29, 0.717) is 30.6 Å². The lowest BCUT2D eigenvalue weighted by molar-refractivity contribution is -0.124. The highest BCUT2D eigenvalue weighted by Crippen LogP contribution is 2.20. The number of amides is 3. The standard InChI is InChI=1S/C19H24ClN7O2/c1-2-21-18(22-9-11-26-17(28)13-24-19(26)29)23-12-16(27-10-3-8-25-27)14-4-6-15(20)7-5-14/h3-8,10,16H,2,9,11-13H2,1H3,(H,24,29)(H2,21,22,23). The van der Waals surface area contributed by atoms with Gasteiger partial charge >= 0.3 is 6.03 Å². The molecule has 1 aromatic heterocycles. The molecule has 3 rings (SSSR count). The van der Waals surface area contributed by atoms with Crippen LogP contribution in [0.5, 0.6) is 0 Å². The second kappa shape index (κ2) is 9.92. The Labute approximate surface area is 174 Å². The van der Waals surface area contributed by atoms with Gasteiger partial charge in [0.2, 0.25) is 5.91 Å². The number of aliphatic imine (C=N–C) groups is 1. The summed E-state index contributed by atoms with van der Waals surface area (Å²) in [5, 5.41) is 13.9. The third-order valence-corrected chi connectivity index (χ3v) is 4.68. The minimum atomic E-state index is -0.361. The van der Waals surface area contributed by atoms with Gasteiger partial charge in [-0.15, -0.1) is 0 Å². The maximum atomic E-state index is 11.7. The number of imide groups is 1. The topological polar surface area (TPSA) is 104 Å². The third-order valence-electron chi connectivity index (χ3n) is 4.43. The number of urea groups is 1. The fourth-order valence-electron chi connectivity index (χ4n) is 2.98. The Kier molecular flexibility index (Phi) is 7.07. The Balaban J connectivity index is 1.66. The number of nitrogens with one attached hydrogen (secondary N) is 3. The monoisotopic (exact) mass is 417 g/mol. The maximum absolute atomic E-state index is 11.7. The van der Waals surface area contributed by atoms with Gasteiger partial charge < -0.3 is 16.0 Å². The molecule has 2 heterocycles. The van der Waals surface area contributed by atoms with E-state index in [4.69, 9.17) is 11.6 Å². The number of nitrogens with zero attached hydrogens (tertiary/aromatic N) is 4. The van der Waals surface area contributed by atoms with Crippen molar-refractivity contribution in [3.8, 4) is 0 Å². The smallest absolute Gasteiger partial charge is 0.324 e. The van der Waals surface area contributed by atoms with Gasteiger partial charge in [0, 0.05) is 37.1 Å². The molecule has 0 aliphatic carbocycles. The van der Waals surface area contributed by atoms with Crippen molar-refractivity contribution in [1.82, 2.24) is 30.6 Å². The first-order valence-corrected chi connectivity index (χ1v) is 9.81. The fourth-order valence-corrected chi connectivity index (χ4v) is 3.10. The molecule has 1 unspecified atom stereocenters. The molecule has 29 heavy (non-hydrogen) atoms. The van der Waals surface area contributed by atoms with E-state index in [0.717, 1.165) is 5.56 Å². The average Bonchev–Trinajstić information content (AvgIpc) is 3.35. The summed E-state index contributed by atoms with van der Waals surface area (Å²) in [5.41, 5.74) is 1.04. The van der Waals surface area contributed by atoms with Crippen molar-refractivity contribution >= 4 is 29.5 Å². The fraction of sp³-hybridized carbons (Fsp3) is 0.368. The zero-order valence-corrected chi connectivity index (χ0v) is 16.9. The van der Waals surface area contributed by atoms with Crippen LogP contribution in [0.3, 0.4) is 0 Å². The molecule has 154 valence electrons. The predicted octanol–water partition coefficient (Wildman–Crippen LogP) is 1.23.